The monoisotopic (exact) mass is 878 g/mol. The maximum Gasteiger partial charge on any atom is 0.159 e. The summed E-state index contributed by atoms with van der Waals surface area (Å²) >= 11 is 0. The number of fused-ring (bicyclic) bond motifs is 12. The van der Waals surface area contributed by atoms with Gasteiger partial charge in [0.15, 0.2) is 11.2 Å². The van der Waals surface area contributed by atoms with Crippen molar-refractivity contribution < 1.29 is 8.83 Å². The number of para-hydroxylation sites is 6. The third-order valence-corrected chi connectivity index (χ3v) is 14.2. The number of hydrogen-bond donors (Lipinski definition) is 0. The van der Waals surface area contributed by atoms with Crippen LogP contribution in [0.3, 0.4) is 0 Å². The van der Waals surface area contributed by atoms with Crippen LogP contribution in [-0.4, -0.2) is 0 Å². The van der Waals surface area contributed by atoms with Crippen LogP contribution in [0, 0.1) is 0 Å². The highest BCUT2D eigenvalue weighted by Crippen LogP contribution is 2.52. The summed E-state index contributed by atoms with van der Waals surface area (Å²) in [6.07, 6.45) is 0. The van der Waals surface area contributed by atoms with E-state index >= 15 is 0 Å². The van der Waals surface area contributed by atoms with Crippen LogP contribution in [0.25, 0.3) is 87.7 Å². The predicted molar refractivity (Wildman–Crippen MR) is 287 cm³/mol. The Kier molecular flexibility index (Phi) is 8.70. The Hall–Kier alpha value is -8.08. The number of furan rings is 2. The molecule has 1 aliphatic carbocycles. The molecule has 1 aliphatic rings. The van der Waals surface area contributed by atoms with E-state index < -0.39 is 0 Å². The van der Waals surface area contributed by atoms with Gasteiger partial charge in [-0.25, -0.2) is 0 Å². The number of hydrogen-bond acceptors (Lipinski definition) is 4. The summed E-state index contributed by atoms with van der Waals surface area (Å²) in [5, 5.41) is 9.33. The van der Waals surface area contributed by atoms with E-state index in [1.165, 1.54) is 54.9 Å². The lowest BCUT2D eigenvalue weighted by molar-refractivity contribution is 0.572. The fraction of sp³-hybridized carbons (Fsp3) is 0.125. The summed E-state index contributed by atoms with van der Waals surface area (Å²) in [7, 11) is 0. The highest BCUT2D eigenvalue weighted by Gasteiger charge is 2.28. The average Bonchev–Trinajstić information content (AvgIpc) is 3.93. The summed E-state index contributed by atoms with van der Waals surface area (Å²) in [5.74, 6) is 0. The van der Waals surface area contributed by atoms with Crippen LogP contribution in [-0.2, 0) is 10.8 Å². The van der Waals surface area contributed by atoms with Crippen LogP contribution >= 0.6 is 0 Å². The van der Waals surface area contributed by atoms with Gasteiger partial charge in [0.05, 0.1) is 11.4 Å². The van der Waals surface area contributed by atoms with Crippen LogP contribution in [0.1, 0.15) is 52.7 Å². The van der Waals surface area contributed by atoms with E-state index in [2.05, 4.69) is 245 Å². The number of benzene rings is 10. The van der Waals surface area contributed by atoms with Crippen LogP contribution < -0.4 is 9.80 Å². The van der Waals surface area contributed by atoms with Crippen LogP contribution in [0.5, 0.6) is 0 Å². The van der Waals surface area contributed by atoms with Gasteiger partial charge in [-0.1, -0.05) is 151 Å². The van der Waals surface area contributed by atoms with Gasteiger partial charge in [0.2, 0.25) is 0 Å². The predicted octanol–water partition coefficient (Wildman–Crippen LogP) is 19.0. The summed E-state index contributed by atoms with van der Waals surface area (Å²) in [6, 6.07) is 70.7. The molecule has 13 rings (SSSR count). The zero-order valence-electron chi connectivity index (χ0n) is 39.2. The van der Waals surface area contributed by atoms with Gasteiger partial charge in [-0.3, -0.25) is 0 Å². The Balaban J connectivity index is 0.923. The summed E-state index contributed by atoms with van der Waals surface area (Å²) in [4.78, 5) is 4.69. The Labute approximate surface area is 396 Å². The molecular weight excluding hydrogens is 829 g/mol. The molecule has 2 heterocycles. The molecule has 0 atom stereocenters. The van der Waals surface area contributed by atoms with E-state index in [4.69, 9.17) is 8.83 Å². The van der Waals surface area contributed by atoms with E-state index in [1.807, 2.05) is 0 Å². The van der Waals surface area contributed by atoms with Crippen molar-refractivity contribution in [1.29, 1.82) is 0 Å². The zero-order chi connectivity index (χ0) is 46.1. The first kappa shape index (κ1) is 40.2. The van der Waals surface area contributed by atoms with Gasteiger partial charge < -0.3 is 18.6 Å². The summed E-state index contributed by atoms with van der Waals surface area (Å²) in [6.45, 7) is 13.5. The molecule has 4 nitrogen and oxygen atoms in total. The molecule has 0 saturated heterocycles. The molecule has 10 aromatic carbocycles. The lowest BCUT2D eigenvalue weighted by Gasteiger charge is -2.28. The topological polar surface area (TPSA) is 32.8 Å². The van der Waals surface area contributed by atoms with Gasteiger partial charge in [0.25, 0.3) is 0 Å². The van der Waals surface area contributed by atoms with E-state index in [0.29, 0.717) is 0 Å². The lowest BCUT2D eigenvalue weighted by Crippen LogP contribution is -2.11. The molecule has 12 aromatic rings. The van der Waals surface area contributed by atoms with Crippen LogP contribution in [0.4, 0.5) is 34.1 Å². The van der Waals surface area contributed by atoms with Crippen molar-refractivity contribution in [3.63, 3.8) is 0 Å². The first-order chi connectivity index (χ1) is 33.0. The minimum atomic E-state index is -0.0648. The highest BCUT2D eigenvalue weighted by atomic mass is 16.3. The fourth-order valence-corrected chi connectivity index (χ4v) is 10.8. The van der Waals surface area contributed by atoms with E-state index in [1.54, 1.807) is 0 Å². The van der Waals surface area contributed by atoms with Crippen molar-refractivity contribution in [2.75, 3.05) is 9.80 Å². The smallest absolute Gasteiger partial charge is 0.159 e. The molecule has 0 spiro atoms. The SMILES string of the molecule is CC(C)(C)c1cccc2c1oc1c(N(c3ccccc3)c3ccc4cc5c(cc4c3)-c3cc4cc(N(c6ccccc6)c6cccc7c6oc6c(C(C)(C)C)cccc67)ccc4cc3-5)cccc12. The number of rotatable bonds is 6. The maximum absolute atomic E-state index is 6.94. The minimum absolute atomic E-state index is 0.0648. The van der Waals surface area contributed by atoms with Gasteiger partial charge >= 0.3 is 0 Å². The molecular formula is C64H50N2O2. The lowest BCUT2D eigenvalue weighted by atomic mass is 9.78. The molecule has 0 aliphatic heterocycles. The minimum Gasteiger partial charge on any atom is -0.454 e. The van der Waals surface area contributed by atoms with Gasteiger partial charge in [-0.2, -0.15) is 0 Å². The zero-order valence-corrected chi connectivity index (χ0v) is 39.2. The van der Waals surface area contributed by atoms with Crippen molar-refractivity contribution in [2.45, 2.75) is 52.4 Å². The van der Waals surface area contributed by atoms with Crippen LogP contribution in [0.2, 0.25) is 0 Å². The molecule has 4 heteroatoms. The first-order valence-electron chi connectivity index (χ1n) is 23.7. The fourth-order valence-electron chi connectivity index (χ4n) is 10.8. The van der Waals surface area contributed by atoms with Crippen molar-refractivity contribution in [3.8, 4) is 22.3 Å². The van der Waals surface area contributed by atoms with E-state index in [0.717, 1.165) is 78.0 Å². The second kappa shape index (κ2) is 14.7. The second-order valence-corrected chi connectivity index (χ2v) is 20.6. The highest BCUT2D eigenvalue weighted by molar-refractivity contribution is 6.15. The molecule has 328 valence electrons. The van der Waals surface area contributed by atoms with Crippen molar-refractivity contribution in [2.24, 2.45) is 0 Å². The van der Waals surface area contributed by atoms with Crippen molar-refractivity contribution in [1.82, 2.24) is 0 Å². The molecule has 0 bridgehead atoms. The van der Waals surface area contributed by atoms with Gasteiger partial charge in [-0.05, 0) is 140 Å². The normalized spacial score (nSPS) is 12.6. The summed E-state index contributed by atoms with van der Waals surface area (Å²) < 4.78 is 13.9. The standard InChI is InChI=1S/C64H50N2O2/c1-63(2,3)55-25-13-21-47-49-23-15-27-57(61(49)67-59(47)55)65(43-17-9-7-10-18-43)45-31-29-39-35-51-52-36-40-30-32-46(34-42(40)38-54(52)53(51)37-41(39)33-45)66(44-19-11-8-12-20-44)58-28-16-24-50-48-22-14-26-56(64(4,5)6)60(48)68-62(50)58/h7-38H,1-6H3. The van der Waals surface area contributed by atoms with Crippen molar-refractivity contribution >= 4 is 99.5 Å². The summed E-state index contributed by atoms with van der Waals surface area (Å²) in [5.41, 5.74) is 17.4. The third-order valence-electron chi connectivity index (χ3n) is 14.2. The van der Waals surface area contributed by atoms with Gasteiger partial charge in [0, 0.05) is 55.4 Å². The average molecular weight is 879 g/mol. The second-order valence-electron chi connectivity index (χ2n) is 20.6. The third kappa shape index (κ3) is 6.20. The maximum atomic E-state index is 6.94. The molecule has 0 saturated carbocycles. The molecule has 0 radical (unpaired) electrons. The quantitative estimate of drug-likeness (QED) is 0.167. The van der Waals surface area contributed by atoms with E-state index in [-0.39, 0.29) is 10.8 Å². The largest absolute Gasteiger partial charge is 0.454 e. The Morgan fingerprint density at radius 2 is 0.647 bits per heavy atom. The Morgan fingerprint density at radius 3 is 1.03 bits per heavy atom. The van der Waals surface area contributed by atoms with Crippen LogP contribution in [0.15, 0.2) is 203 Å². The molecule has 2 aromatic heterocycles. The van der Waals surface area contributed by atoms with Gasteiger partial charge in [-0.15, -0.1) is 0 Å². The molecule has 0 unspecified atom stereocenters. The molecule has 0 amide bonds. The Bertz CT molecular complexity index is 3730. The first-order valence-corrected chi connectivity index (χ1v) is 23.7. The van der Waals surface area contributed by atoms with Gasteiger partial charge in [0.1, 0.15) is 11.2 Å². The Morgan fingerprint density at radius 1 is 0.294 bits per heavy atom. The number of anilines is 6. The van der Waals surface area contributed by atoms with E-state index in [9.17, 15) is 0 Å². The molecule has 0 N–H and O–H groups in total. The van der Waals surface area contributed by atoms with Crippen molar-refractivity contribution in [3.05, 3.63) is 205 Å². The molecule has 68 heavy (non-hydrogen) atoms. The molecule has 0 fully saturated rings. The number of nitrogens with zero attached hydrogens (tertiary/aromatic N) is 2.